The molecule has 3 aromatic rings. The molecule has 1 saturated carbocycles. The first-order valence-corrected chi connectivity index (χ1v) is 13.1. The molecule has 0 spiro atoms. The number of nitrogens with one attached hydrogen (secondary N) is 1. The molecule has 1 heterocycles. The van der Waals surface area contributed by atoms with Crippen molar-refractivity contribution in [2.45, 2.75) is 53.0 Å². The van der Waals surface area contributed by atoms with Crippen molar-refractivity contribution in [3.8, 4) is 0 Å². The van der Waals surface area contributed by atoms with E-state index in [9.17, 15) is 48.3 Å². The zero-order chi connectivity index (χ0) is 29.6. The topological polar surface area (TPSA) is 76.1 Å². The Hall–Kier alpha value is -3.55. The van der Waals surface area contributed by atoms with E-state index in [0.717, 1.165) is 24.3 Å². The van der Waals surface area contributed by atoms with Crippen molar-refractivity contribution in [1.82, 2.24) is 10.3 Å². The second-order valence-electron chi connectivity index (χ2n) is 9.39. The Morgan fingerprint density at radius 1 is 0.850 bits per heavy atom. The average Bonchev–Trinajstić information content (AvgIpc) is 2.85. The van der Waals surface area contributed by atoms with E-state index in [4.69, 9.17) is 0 Å². The molecule has 0 radical (unpaired) electrons. The summed E-state index contributed by atoms with van der Waals surface area (Å²) in [5.41, 5.74) is -7.06. The van der Waals surface area contributed by atoms with Crippen molar-refractivity contribution in [2.75, 3.05) is 0 Å². The van der Waals surface area contributed by atoms with Gasteiger partial charge in [0.1, 0.15) is 10.6 Å². The van der Waals surface area contributed by atoms with Gasteiger partial charge in [0.2, 0.25) is 5.91 Å². The number of aromatic nitrogens is 1. The standard InChI is InChI=1S/C26H20F8N2O3S/c27-19-5-7-21(8-6-19)40(38,39)23(14-20(15-23)36-22(37)13-16-9-11-35-12-10-16)17-1-3-18(4-2-17)24(28,25(29,30)31)26(32,33)34/h1-12,20H,13-15H2,(H,36,37). The maximum Gasteiger partial charge on any atom is 0.435 e. The molecular weight excluding hydrogens is 572 g/mol. The maximum absolute atomic E-state index is 14.5. The minimum absolute atomic E-state index is 0.0567. The molecule has 0 aliphatic heterocycles. The lowest BCUT2D eigenvalue weighted by Crippen LogP contribution is -2.57. The molecule has 14 heteroatoms. The quantitative estimate of drug-likeness (QED) is 0.282. The molecule has 1 amide bonds. The van der Waals surface area contributed by atoms with Gasteiger partial charge in [-0.1, -0.05) is 24.3 Å². The number of carbonyl (C=O) groups excluding carboxylic acids is 1. The normalized spacial score (nSPS) is 20.1. The van der Waals surface area contributed by atoms with Gasteiger partial charge in [0, 0.05) is 24.0 Å². The summed E-state index contributed by atoms with van der Waals surface area (Å²) in [5, 5.41) is 2.66. The Balaban J connectivity index is 1.68. The van der Waals surface area contributed by atoms with E-state index in [1.165, 1.54) is 12.4 Å². The zero-order valence-corrected chi connectivity index (χ0v) is 21.0. The van der Waals surface area contributed by atoms with Crippen LogP contribution in [0.2, 0.25) is 0 Å². The van der Waals surface area contributed by atoms with E-state index in [0.29, 0.717) is 17.7 Å². The highest BCUT2D eigenvalue weighted by atomic mass is 32.2. The molecule has 1 fully saturated rings. The van der Waals surface area contributed by atoms with E-state index in [-0.39, 0.29) is 41.9 Å². The Bertz CT molecular complexity index is 1450. The van der Waals surface area contributed by atoms with E-state index < -0.39 is 55.9 Å². The van der Waals surface area contributed by atoms with Gasteiger partial charge in [-0.2, -0.15) is 26.3 Å². The summed E-state index contributed by atoms with van der Waals surface area (Å²) in [5.74, 6) is -1.21. The molecule has 0 unspecified atom stereocenters. The number of rotatable bonds is 7. The number of hydrogen-bond acceptors (Lipinski definition) is 4. The van der Waals surface area contributed by atoms with Crippen LogP contribution >= 0.6 is 0 Å². The maximum atomic E-state index is 14.5. The average molecular weight is 593 g/mol. The number of hydrogen-bond donors (Lipinski definition) is 1. The molecule has 40 heavy (non-hydrogen) atoms. The molecule has 1 aromatic heterocycles. The lowest BCUT2D eigenvalue weighted by atomic mass is 9.74. The van der Waals surface area contributed by atoms with Gasteiger partial charge in [0.25, 0.3) is 0 Å². The van der Waals surface area contributed by atoms with Gasteiger partial charge in [0.05, 0.1) is 11.3 Å². The second-order valence-corrected chi connectivity index (χ2v) is 11.6. The number of carbonyl (C=O) groups is 1. The van der Waals surface area contributed by atoms with Crippen molar-refractivity contribution in [1.29, 1.82) is 0 Å². The van der Waals surface area contributed by atoms with Crippen molar-refractivity contribution in [3.63, 3.8) is 0 Å². The fourth-order valence-electron chi connectivity index (χ4n) is 4.74. The number of sulfone groups is 1. The third-order valence-electron chi connectivity index (χ3n) is 6.86. The van der Waals surface area contributed by atoms with Crippen molar-refractivity contribution < 1.29 is 48.3 Å². The lowest BCUT2D eigenvalue weighted by Gasteiger charge is -2.47. The molecule has 0 bridgehead atoms. The van der Waals surface area contributed by atoms with Crippen molar-refractivity contribution in [3.05, 3.63) is 95.6 Å². The van der Waals surface area contributed by atoms with Crippen LogP contribution in [0.5, 0.6) is 0 Å². The van der Waals surface area contributed by atoms with E-state index in [1.807, 2.05) is 0 Å². The first-order valence-electron chi connectivity index (χ1n) is 11.6. The highest BCUT2D eigenvalue weighted by Gasteiger charge is 2.73. The van der Waals surface area contributed by atoms with Crippen LogP contribution in [0.15, 0.2) is 78.0 Å². The second kappa shape index (κ2) is 10.1. The number of pyridine rings is 1. The van der Waals surface area contributed by atoms with Crippen LogP contribution in [0.25, 0.3) is 0 Å². The lowest BCUT2D eigenvalue weighted by molar-refractivity contribution is -0.348. The monoisotopic (exact) mass is 592 g/mol. The molecule has 214 valence electrons. The molecule has 4 rings (SSSR count). The Kier molecular flexibility index (Phi) is 7.45. The fourth-order valence-corrected chi connectivity index (χ4v) is 6.98. The van der Waals surface area contributed by atoms with Crippen LogP contribution in [0.3, 0.4) is 0 Å². The number of benzene rings is 2. The van der Waals surface area contributed by atoms with Crippen LogP contribution in [-0.2, 0) is 31.5 Å². The Morgan fingerprint density at radius 3 is 1.88 bits per heavy atom. The minimum atomic E-state index is -6.34. The summed E-state index contributed by atoms with van der Waals surface area (Å²) in [6.07, 6.45) is -10.4. The van der Waals surface area contributed by atoms with Crippen molar-refractivity contribution in [2.24, 2.45) is 0 Å². The molecule has 2 aromatic carbocycles. The molecule has 0 saturated heterocycles. The van der Waals surface area contributed by atoms with E-state index >= 15 is 0 Å². The highest BCUT2D eigenvalue weighted by Crippen LogP contribution is 2.55. The SMILES string of the molecule is O=C(Cc1ccncc1)NC1CC(c2ccc(C(F)(C(F)(F)F)C(F)(F)F)cc2)(S(=O)(=O)c2ccc(F)cc2)C1. The van der Waals surface area contributed by atoms with Crippen molar-refractivity contribution >= 4 is 15.7 Å². The fraction of sp³-hybridized carbons (Fsp3) is 0.308. The molecule has 0 atom stereocenters. The predicted octanol–water partition coefficient (Wildman–Crippen LogP) is 5.70. The molecular formula is C26H20F8N2O3S. The Morgan fingerprint density at radius 2 is 1.38 bits per heavy atom. The number of alkyl halides is 7. The Labute approximate surface area is 223 Å². The van der Waals surface area contributed by atoms with E-state index in [2.05, 4.69) is 10.3 Å². The number of amides is 1. The summed E-state index contributed by atoms with van der Waals surface area (Å²) < 4.78 is 133. The van der Waals surface area contributed by atoms with Crippen LogP contribution in [0.1, 0.15) is 29.5 Å². The highest BCUT2D eigenvalue weighted by molar-refractivity contribution is 7.92. The number of halogens is 8. The van der Waals surface area contributed by atoms with Crippen LogP contribution < -0.4 is 5.32 Å². The van der Waals surface area contributed by atoms with Gasteiger partial charge in [-0.25, -0.2) is 17.2 Å². The smallest absolute Gasteiger partial charge is 0.353 e. The first-order chi connectivity index (χ1) is 18.5. The van der Waals surface area contributed by atoms with Gasteiger partial charge in [-0.05, 0) is 60.4 Å². The molecule has 5 nitrogen and oxygen atoms in total. The van der Waals surface area contributed by atoms with Gasteiger partial charge >= 0.3 is 18.0 Å². The third-order valence-corrected chi connectivity index (χ3v) is 9.35. The van der Waals surface area contributed by atoms with Gasteiger partial charge < -0.3 is 5.32 Å². The molecule has 1 N–H and O–H groups in total. The largest absolute Gasteiger partial charge is 0.435 e. The first kappa shape index (κ1) is 29.4. The molecule has 1 aliphatic carbocycles. The molecule has 1 aliphatic rings. The van der Waals surface area contributed by atoms with E-state index in [1.54, 1.807) is 12.1 Å². The predicted molar refractivity (Wildman–Crippen MR) is 126 cm³/mol. The summed E-state index contributed by atoms with van der Waals surface area (Å²) in [6.45, 7) is 0. The van der Waals surface area contributed by atoms with Gasteiger partial charge in [0.15, 0.2) is 9.84 Å². The minimum Gasteiger partial charge on any atom is -0.353 e. The summed E-state index contributed by atoms with van der Waals surface area (Å²) in [6, 6.07) is 8.02. The summed E-state index contributed by atoms with van der Waals surface area (Å²) in [7, 11) is -4.43. The number of nitrogens with zero attached hydrogens (tertiary/aromatic N) is 1. The summed E-state index contributed by atoms with van der Waals surface area (Å²) >= 11 is 0. The summed E-state index contributed by atoms with van der Waals surface area (Å²) in [4.78, 5) is 16.0. The van der Waals surface area contributed by atoms with Crippen LogP contribution in [-0.4, -0.2) is 37.7 Å². The third kappa shape index (κ3) is 5.04. The zero-order valence-electron chi connectivity index (χ0n) is 20.2. The van der Waals surface area contributed by atoms with Crippen LogP contribution in [0.4, 0.5) is 35.1 Å². The van der Waals surface area contributed by atoms with Gasteiger partial charge in [-0.3, -0.25) is 9.78 Å². The van der Waals surface area contributed by atoms with Crippen LogP contribution in [0, 0.1) is 5.82 Å². The van der Waals surface area contributed by atoms with Gasteiger partial charge in [-0.15, -0.1) is 0 Å².